The maximum atomic E-state index is 12.5. The number of carbonyl (C=O) groups is 2. The van der Waals surface area contributed by atoms with Gasteiger partial charge < -0.3 is 20.3 Å². The van der Waals surface area contributed by atoms with Crippen molar-refractivity contribution in [2.24, 2.45) is 0 Å². The van der Waals surface area contributed by atoms with E-state index in [9.17, 15) is 19.8 Å². The van der Waals surface area contributed by atoms with E-state index in [0.717, 1.165) is 44.9 Å². The molecule has 0 saturated carbocycles. The highest BCUT2D eigenvalue weighted by Crippen LogP contribution is 2.19. The second-order valence-electron chi connectivity index (χ2n) is 26.3. The predicted octanol–water partition coefficient (Wildman–Crippen LogP) is 24.9. The minimum absolute atomic E-state index is 0.0178. The van der Waals surface area contributed by atoms with Crippen LogP contribution in [0.3, 0.4) is 0 Å². The van der Waals surface area contributed by atoms with Gasteiger partial charge in [-0.1, -0.05) is 385 Å². The van der Waals surface area contributed by atoms with E-state index < -0.39 is 12.1 Å². The molecule has 0 saturated heterocycles. The van der Waals surface area contributed by atoms with E-state index >= 15 is 0 Å². The molecule has 1 amide bonds. The van der Waals surface area contributed by atoms with Gasteiger partial charge in [0.05, 0.1) is 25.4 Å². The van der Waals surface area contributed by atoms with Crippen molar-refractivity contribution in [1.29, 1.82) is 0 Å². The Labute approximate surface area is 520 Å². The van der Waals surface area contributed by atoms with Gasteiger partial charge in [0.2, 0.25) is 5.91 Å². The smallest absolute Gasteiger partial charge is 0.305 e. The van der Waals surface area contributed by atoms with Crippen molar-refractivity contribution in [2.45, 2.75) is 443 Å². The predicted molar refractivity (Wildman–Crippen MR) is 366 cm³/mol. The van der Waals surface area contributed by atoms with Crippen LogP contribution in [0.1, 0.15) is 431 Å². The highest BCUT2D eigenvalue weighted by atomic mass is 16.5. The highest BCUT2D eigenvalue weighted by Gasteiger charge is 2.18. The van der Waals surface area contributed by atoms with Crippen LogP contribution >= 0.6 is 0 Å². The van der Waals surface area contributed by atoms with Gasteiger partial charge in [0.1, 0.15) is 0 Å². The lowest BCUT2D eigenvalue weighted by Gasteiger charge is -2.20. The number of ether oxygens (including phenoxy) is 1. The molecule has 0 aliphatic heterocycles. The summed E-state index contributed by atoms with van der Waals surface area (Å²) in [5.41, 5.74) is 0. The highest BCUT2D eigenvalue weighted by molar-refractivity contribution is 5.76. The molecule has 0 aromatic rings. The van der Waals surface area contributed by atoms with Crippen molar-refractivity contribution >= 4 is 11.9 Å². The Morgan fingerprint density at radius 2 is 0.566 bits per heavy atom. The third-order valence-corrected chi connectivity index (χ3v) is 18.0. The number of hydrogen-bond donors (Lipinski definition) is 3. The summed E-state index contributed by atoms with van der Waals surface area (Å²) < 4.78 is 5.51. The monoisotopic (exact) mass is 1170 g/mol. The summed E-state index contributed by atoms with van der Waals surface area (Å²) >= 11 is 0. The summed E-state index contributed by atoms with van der Waals surface area (Å²) in [5, 5.41) is 23.2. The minimum Gasteiger partial charge on any atom is -0.466 e. The molecule has 0 aromatic carbocycles. The maximum absolute atomic E-state index is 12.5. The summed E-state index contributed by atoms with van der Waals surface area (Å²) in [6, 6.07) is -0.625. The molecule has 0 aliphatic rings. The van der Waals surface area contributed by atoms with Crippen LogP contribution < -0.4 is 5.32 Å². The largest absolute Gasteiger partial charge is 0.466 e. The molecule has 2 unspecified atom stereocenters. The van der Waals surface area contributed by atoms with Gasteiger partial charge in [-0.3, -0.25) is 9.59 Å². The molecule has 0 radical (unpaired) electrons. The third-order valence-electron chi connectivity index (χ3n) is 18.0. The second-order valence-corrected chi connectivity index (χ2v) is 26.3. The van der Waals surface area contributed by atoms with Gasteiger partial charge >= 0.3 is 5.97 Å². The van der Waals surface area contributed by atoms with Crippen LogP contribution in [0.2, 0.25) is 0 Å². The lowest BCUT2D eigenvalue weighted by molar-refractivity contribution is -0.143. The van der Waals surface area contributed by atoms with E-state index in [-0.39, 0.29) is 18.5 Å². The fraction of sp³-hybridized carbons (Fsp3) is 0.922. The molecule has 3 N–H and O–H groups in total. The number of allylic oxidation sites excluding steroid dienone is 3. The Morgan fingerprint density at radius 1 is 0.325 bits per heavy atom. The first kappa shape index (κ1) is 81.3. The average Bonchev–Trinajstić information content (AvgIpc) is 3.48. The van der Waals surface area contributed by atoms with Gasteiger partial charge in [-0.2, -0.15) is 0 Å². The molecule has 0 aromatic heterocycles. The first-order valence-electron chi connectivity index (χ1n) is 38.1. The van der Waals surface area contributed by atoms with Gasteiger partial charge in [0.25, 0.3) is 0 Å². The van der Waals surface area contributed by atoms with E-state index in [1.807, 2.05) is 6.08 Å². The summed E-state index contributed by atoms with van der Waals surface area (Å²) in [6.45, 7) is 4.95. The second kappa shape index (κ2) is 72.8. The summed E-state index contributed by atoms with van der Waals surface area (Å²) in [4.78, 5) is 24.6. The van der Waals surface area contributed by atoms with Crippen molar-refractivity contribution < 1.29 is 24.5 Å². The van der Waals surface area contributed by atoms with Crippen LogP contribution in [-0.2, 0) is 14.3 Å². The van der Waals surface area contributed by atoms with Gasteiger partial charge in [0, 0.05) is 12.8 Å². The normalized spacial score (nSPS) is 12.6. The number of amides is 1. The summed E-state index contributed by atoms with van der Waals surface area (Å²) in [6.07, 6.45) is 92.8. The van der Waals surface area contributed by atoms with E-state index in [4.69, 9.17) is 4.74 Å². The molecular formula is C77H149NO5. The molecule has 6 heteroatoms. The minimum atomic E-state index is -0.842. The third kappa shape index (κ3) is 69.3. The van der Waals surface area contributed by atoms with Crippen molar-refractivity contribution in [3.8, 4) is 0 Å². The molecule has 0 bridgehead atoms. The molecule has 0 heterocycles. The van der Waals surface area contributed by atoms with Gasteiger partial charge in [-0.25, -0.2) is 0 Å². The number of esters is 1. The van der Waals surface area contributed by atoms with Crippen LogP contribution in [0.15, 0.2) is 24.3 Å². The van der Waals surface area contributed by atoms with Crippen LogP contribution in [0.4, 0.5) is 0 Å². The number of nitrogens with one attached hydrogen (secondary N) is 1. The number of unbranched alkanes of at least 4 members (excludes halogenated alkanes) is 59. The Kier molecular flexibility index (Phi) is 71.4. The molecule has 2 atom stereocenters. The first-order valence-corrected chi connectivity index (χ1v) is 38.1. The van der Waals surface area contributed by atoms with Crippen LogP contribution in [0.5, 0.6) is 0 Å². The average molecular weight is 1170 g/mol. The van der Waals surface area contributed by atoms with Crippen LogP contribution in [-0.4, -0.2) is 47.4 Å². The first-order chi connectivity index (χ1) is 41.0. The number of carbonyl (C=O) groups excluding carboxylic acids is 2. The Balaban J connectivity index is 3.34. The Hall–Kier alpha value is -1.66. The topological polar surface area (TPSA) is 95.9 Å². The zero-order chi connectivity index (χ0) is 59.9. The van der Waals surface area contributed by atoms with Crippen molar-refractivity contribution in [2.75, 3.05) is 13.2 Å². The van der Waals surface area contributed by atoms with Gasteiger partial charge in [-0.15, -0.1) is 0 Å². The van der Waals surface area contributed by atoms with Crippen LogP contribution in [0, 0.1) is 0 Å². The van der Waals surface area contributed by atoms with Crippen molar-refractivity contribution in [3.63, 3.8) is 0 Å². The fourth-order valence-electron chi connectivity index (χ4n) is 12.2. The van der Waals surface area contributed by atoms with E-state index in [2.05, 4.69) is 31.3 Å². The van der Waals surface area contributed by atoms with Gasteiger partial charge in [0.15, 0.2) is 0 Å². The Bertz CT molecular complexity index is 1300. The zero-order valence-electron chi connectivity index (χ0n) is 56.5. The van der Waals surface area contributed by atoms with Crippen molar-refractivity contribution in [3.05, 3.63) is 24.3 Å². The SMILES string of the molecule is CCCCCCCCC/C=C\CCCCCCCCCC(=O)OCCCCCCCCCCCCCCCCCCCCCCCCCCCCCCCCC(=O)NC(CO)C(O)/C=C/CCCCCCCCCCCCCCCCCC. The lowest BCUT2D eigenvalue weighted by atomic mass is 10.0. The molecule has 0 aliphatic carbocycles. The van der Waals surface area contributed by atoms with Crippen molar-refractivity contribution in [1.82, 2.24) is 5.32 Å². The lowest BCUT2D eigenvalue weighted by Crippen LogP contribution is -2.45. The number of rotatable bonds is 72. The van der Waals surface area contributed by atoms with Gasteiger partial charge in [-0.05, 0) is 57.8 Å². The number of hydrogen-bond acceptors (Lipinski definition) is 5. The molecule has 492 valence electrons. The molecule has 0 rings (SSSR count). The number of aliphatic hydroxyl groups excluding tert-OH is 2. The maximum Gasteiger partial charge on any atom is 0.305 e. The van der Waals surface area contributed by atoms with E-state index in [0.29, 0.717) is 19.4 Å². The molecule has 6 nitrogen and oxygen atoms in total. The zero-order valence-corrected chi connectivity index (χ0v) is 56.5. The standard InChI is InChI=1S/C77H149NO5/c1-3-5-7-9-11-13-15-17-19-21-37-41-45-49-53-57-61-65-69-75(80)74(73-79)78-76(81)70-66-62-58-54-50-46-42-38-35-33-31-29-27-25-23-24-26-28-30-32-34-36-40-44-48-52-56-60-64-68-72-83-77(82)71-67-63-59-55-51-47-43-39-22-20-18-16-14-12-10-8-6-4-2/h20,22,65,69,74-75,79-80H,3-19,21,23-64,66-68,70-73H2,1-2H3,(H,78,81)/b22-20-,69-65+. The van der Waals surface area contributed by atoms with E-state index in [1.165, 1.54) is 360 Å². The molecule has 0 spiro atoms. The van der Waals surface area contributed by atoms with Crippen LogP contribution in [0.25, 0.3) is 0 Å². The van der Waals surface area contributed by atoms with E-state index in [1.54, 1.807) is 6.08 Å². The quantitative estimate of drug-likeness (QED) is 0.0320. The summed E-state index contributed by atoms with van der Waals surface area (Å²) in [7, 11) is 0. The molecule has 83 heavy (non-hydrogen) atoms. The molecular weight excluding hydrogens is 1020 g/mol. The Morgan fingerprint density at radius 3 is 0.855 bits per heavy atom. The number of aliphatic hydroxyl groups is 2. The fourth-order valence-corrected chi connectivity index (χ4v) is 12.2. The summed E-state index contributed by atoms with van der Waals surface area (Å²) in [5.74, 6) is -0.0424. The molecule has 0 fully saturated rings.